The van der Waals surface area contributed by atoms with Crippen LogP contribution in [-0.4, -0.2) is 17.1 Å². The number of fused-ring (bicyclic) bond motifs is 5. The number of aromatic amines is 2. The molecule has 2 aromatic heterocycles. The van der Waals surface area contributed by atoms with E-state index in [2.05, 4.69) is 9.97 Å². The fraction of sp³-hybridized carbons (Fsp3) is 0.0625. The number of rotatable bonds is 1. The van der Waals surface area contributed by atoms with Crippen LogP contribution in [0.25, 0.3) is 32.7 Å². The number of hydrogen-bond acceptors (Lipinski definition) is 2. The molecular weight excluding hydrogens is 252 g/mol. The van der Waals surface area contributed by atoms with E-state index in [1.165, 1.54) is 0 Å². The van der Waals surface area contributed by atoms with Crippen molar-refractivity contribution in [3.63, 3.8) is 0 Å². The summed E-state index contributed by atoms with van der Waals surface area (Å²) in [7, 11) is 1.62. The molecule has 2 N–H and O–H groups in total. The van der Waals surface area contributed by atoms with Crippen molar-refractivity contribution in [2.45, 2.75) is 0 Å². The minimum absolute atomic E-state index is 0.0834. The molecule has 2 aromatic carbocycles. The molecule has 0 spiro atoms. The summed E-state index contributed by atoms with van der Waals surface area (Å²) >= 11 is 0. The number of methoxy groups -OCH3 is 1. The van der Waals surface area contributed by atoms with Crippen LogP contribution in [0.3, 0.4) is 0 Å². The standard InChI is InChI=1S/C16H12N2O2/c1-20-9-6-7-10-12(8-9)15-14(18-16(10)19)11-4-2-3-5-13(11)17-15/h2-8,17H,1H3,(H,18,19). The molecule has 20 heavy (non-hydrogen) atoms. The van der Waals surface area contributed by atoms with Gasteiger partial charge in [0, 0.05) is 21.7 Å². The van der Waals surface area contributed by atoms with Gasteiger partial charge in [-0.15, -0.1) is 0 Å². The Bertz CT molecular complexity index is 1010. The van der Waals surface area contributed by atoms with Gasteiger partial charge in [-0.1, -0.05) is 18.2 Å². The van der Waals surface area contributed by atoms with Crippen LogP contribution in [0, 0.1) is 0 Å². The largest absolute Gasteiger partial charge is 0.497 e. The average molecular weight is 264 g/mol. The Morgan fingerprint density at radius 1 is 0.900 bits per heavy atom. The summed E-state index contributed by atoms with van der Waals surface area (Å²) in [5.41, 5.74) is 2.69. The molecule has 0 bridgehead atoms. The van der Waals surface area contributed by atoms with E-state index in [4.69, 9.17) is 4.74 Å². The molecule has 0 unspecified atom stereocenters. The summed E-state index contributed by atoms with van der Waals surface area (Å²) in [6.07, 6.45) is 0. The molecule has 0 aliphatic carbocycles. The first-order valence-electron chi connectivity index (χ1n) is 6.38. The highest BCUT2D eigenvalue weighted by Crippen LogP contribution is 2.29. The molecule has 4 nitrogen and oxygen atoms in total. The predicted molar refractivity (Wildman–Crippen MR) is 80.5 cm³/mol. The van der Waals surface area contributed by atoms with Gasteiger partial charge in [0.2, 0.25) is 0 Å². The van der Waals surface area contributed by atoms with Gasteiger partial charge in [-0.3, -0.25) is 4.79 Å². The van der Waals surface area contributed by atoms with E-state index in [9.17, 15) is 4.79 Å². The van der Waals surface area contributed by atoms with E-state index in [0.29, 0.717) is 5.39 Å². The number of aromatic nitrogens is 2. The van der Waals surface area contributed by atoms with E-state index in [1.807, 2.05) is 30.3 Å². The maximum atomic E-state index is 12.2. The van der Waals surface area contributed by atoms with Gasteiger partial charge in [0.25, 0.3) is 5.56 Å². The second-order valence-electron chi connectivity index (χ2n) is 4.79. The van der Waals surface area contributed by atoms with E-state index >= 15 is 0 Å². The Kier molecular flexibility index (Phi) is 2.15. The highest BCUT2D eigenvalue weighted by Gasteiger charge is 2.11. The molecule has 0 saturated heterocycles. The van der Waals surface area contributed by atoms with Crippen molar-refractivity contribution in [1.82, 2.24) is 9.97 Å². The summed E-state index contributed by atoms with van der Waals surface area (Å²) < 4.78 is 5.26. The van der Waals surface area contributed by atoms with Gasteiger partial charge in [0.1, 0.15) is 5.75 Å². The van der Waals surface area contributed by atoms with Crippen LogP contribution >= 0.6 is 0 Å². The quantitative estimate of drug-likeness (QED) is 0.554. The number of H-pyrrole nitrogens is 2. The predicted octanol–water partition coefficient (Wildman–Crippen LogP) is 3.17. The first-order chi connectivity index (χ1) is 9.78. The first-order valence-corrected chi connectivity index (χ1v) is 6.38. The second-order valence-corrected chi connectivity index (χ2v) is 4.79. The molecule has 0 amide bonds. The Labute approximate surface area is 114 Å². The first kappa shape index (κ1) is 11.1. The SMILES string of the molecule is COc1ccc2c(=O)[nH]c3c4ccccc4[nH]c3c2c1. The molecule has 98 valence electrons. The van der Waals surface area contributed by atoms with Crippen molar-refractivity contribution in [3.05, 3.63) is 52.8 Å². The van der Waals surface area contributed by atoms with Crippen molar-refractivity contribution in [3.8, 4) is 5.75 Å². The summed E-state index contributed by atoms with van der Waals surface area (Å²) in [5, 5.41) is 2.55. The number of pyridine rings is 1. The number of benzene rings is 2. The zero-order chi connectivity index (χ0) is 13.7. The third-order valence-electron chi connectivity index (χ3n) is 3.69. The van der Waals surface area contributed by atoms with Crippen molar-refractivity contribution >= 4 is 32.7 Å². The van der Waals surface area contributed by atoms with Gasteiger partial charge >= 0.3 is 0 Å². The topological polar surface area (TPSA) is 57.9 Å². The number of nitrogens with one attached hydrogen (secondary N) is 2. The summed E-state index contributed by atoms with van der Waals surface area (Å²) in [4.78, 5) is 18.6. The zero-order valence-corrected chi connectivity index (χ0v) is 10.9. The average Bonchev–Trinajstić information content (AvgIpc) is 2.86. The number of ether oxygens (including phenoxy) is 1. The lowest BCUT2D eigenvalue weighted by atomic mass is 10.1. The monoisotopic (exact) mass is 264 g/mol. The van der Waals surface area contributed by atoms with Crippen LogP contribution in [0.15, 0.2) is 47.3 Å². The fourth-order valence-corrected chi connectivity index (χ4v) is 2.71. The van der Waals surface area contributed by atoms with Crippen LogP contribution in [-0.2, 0) is 0 Å². The lowest BCUT2D eigenvalue weighted by Crippen LogP contribution is -2.05. The lowest BCUT2D eigenvalue weighted by molar-refractivity contribution is 0.415. The van der Waals surface area contributed by atoms with Crippen molar-refractivity contribution in [1.29, 1.82) is 0 Å². The molecule has 4 heteroatoms. The Hall–Kier alpha value is -2.75. The molecule has 0 atom stereocenters. The minimum atomic E-state index is -0.0834. The Morgan fingerprint density at radius 3 is 2.55 bits per heavy atom. The van der Waals surface area contributed by atoms with Gasteiger partial charge in [-0.05, 0) is 24.3 Å². The highest BCUT2D eigenvalue weighted by atomic mass is 16.5. The summed E-state index contributed by atoms with van der Waals surface area (Å²) in [6.45, 7) is 0. The minimum Gasteiger partial charge on any atom is -0.497 e. The van der Waals surface area contributed by atoms with Gasteiger partial charge in [0.05, 0.1) is 18.1 Å². The smallest absolute Gasteiger partial charge is 0.256 e. The van der Waals surface area contributed by atoms with Crippen LogP contribution in [0.5, 0.6) is 5.75 Å². The molecule has 4 rings (SSSR count). The highest BCUT2D eigenvalue weighted by molar-refractivity contribution is 6.14. The summed E-state index contributed by atoms with van der Waals surface area (Å²) in [5.74, 6) is 0.739. The van der Waals surface area contributed by atoms with Crippen molar-refractivity contribution in [2.24, 2.45) is 0 Å². The summed E-state index contributed by atoms with van der Waals surface area (Å²) in [6, 6.07) is 13.4. The van der Waals surface area contributed by atoms with E-state index in [-0.39, 0.29) is 5.56 Å². The number of hydrogen-bond donors (Lipinski definition) is 2. The van der Waals surface area contributed by atoms with Crippen LogP contribution < -0.4 is 10.3 Å². The third kappa shape index (κ3) is 1.39. The van der Waals surface area contributed by atoms with Gasteiger partial charge in [-0.25, -0.2) is 0 Å². The third-order valence-corrected chi connectivity index (χ3v) is 3.69. The van der Waals surface area contributed by atoms with E-state index in [0.717, 1.165) is 33.1 Å². The van der Waals surface area contributed by atoms with Gasteiger partial charge in [-0.2, -0.15) is 0 Å². The second kappa shape index (κ2) is 3.87. The fourth-order valence-electron chi connectivity index (χ4n) is 2.71. The van der Waals surface area contributed by atoms with Gasteiger partial charge < -0.3 is 14.7 Å². The lowest BCUT2D eigenvalue weighted by Gasteiger charge is -2.03. The molecule has 0 aliphatic rings. The van der Waals surface area contributed by atoms with E-state index in [1.54, 1.807) is 19.2 Å². The van der Waals surface area contributed by atoms with Gasteiger partial charge in [0.15, 0.2) is 0 Å². The molecular formula is C16H12N2O2. The molecule has 2 heterocycles. The molecule has 4 aromatic rings. The molecule has 0 saturated carbocycles. The van der Waals surface area contributed by atoms with Crippen molar-refractivity contribution in [2.75, 3.05) is 7.11 Å². The maximum Gasteiger partial charge on any atom is 0.256 e. The Morgan fingerprint density at radius 2 is 1.70 bits per heavy atom. The van der Waals surface area contributed by atoms with E-state index < -0.39 is 0 Å². The normalized spacial score (nSPS) is 11.4. The maximum absolute atomic E-state index is 12.2. The zero-order valence-electron chi connectivity index (χ0n) is 10.9. The van der Waals surface area contributed by atoms with Crippen molar-refractivity contribution < 1.29 is 4.74 Å². The van der Waals surface area contributed by atoms with Crippen LogP contribution in [0.1, 0.15) is 0 Å². The molecule has 0 fully saturated rings. The molecule has 0 radical (unpaired) electrons. The molecule has 0 aliphatic heterocycles. The Balaban J connectivity index is 2.30. The van der Waals surface area contributed by atoms with Crippen LogP contribution in [0.2, 0.25) is 0 Å². The van der Waals surface area contributed by atoms with Crippen LogP contribution in [0.4, 0.5) is 0 Å². The number of para-hydroxylation sites is 1.